The van der Waals surface area contributed by atoms with Gasteiger partial charge in [-0.2, -0.15) is 0 Å². The highest BCUT2D eigenvalue weighted by Crippen LogP contribution is 2.32. The third-order valence-electron chi connectivity index (χ3n) is 5.41. The highest BCUT2D eigenvalue weighted by molar-refractivity contribution is 5.98. The first-order valence-electron chi connectivity index (χ1n) is 10.4. The van der Waals surface area contributed by atoms with Crippen LogP contribution in [0, 0.1) is 0 Å². The fourth-order valence-corrected chi connectivity index (χ4v) is 3.77. The number of furan rings is 1. The Morgan fingerprint density at radius 1 is 1.07 bits per heavy atom. The molecule has 0 radical (unpaired) electrons. The molecule has 1 aliphatic carbocycles. The number of hydrogen-bond acceptors (Lipinski definition) is 4. The van der Waals surface area contributed by atoms with Gasteiger partial charge in [0.05, 0.1) is 0 Å². The molecule has 0 saturated heterocycles. The molecule has 6 nitrogen and oxygen atoms in total. The molecular formula is C24H26N2O4. The SMILES string of the molecule is C[C@H](NC(=O)OCc1ccccc1)C(=O)Nc1ccc2oc3c(c2c1)CCCCC3. The summed E-state index contributed by atoms with van der Waals surface area (Å²) in [6.45, 7) is 1.78. The zero-order chi connectivity index (χ0) is 20.9. The zero-order valence-electron chi connectivity index (χ0n) is 17.1. The summed E-state index contributed by atoms with van der Waals surface area (Å²) in [5.41, 5.74) is 3.69. The van der Waals surface area contributed by atoms with Gasteiger partial charge in [0.25, 0.3) is 0 Å². The molecule has 0 saturated carbocycles. The van der Waals surface area contributed by atoms with Crippen LogP contribution < -0.4 is 10.6 Å². The number of anilines is 1. The van der Waals surface area contributed by atoms with Gasteiger partial charge in [0.15, 0.2) is 0 Å². The van der Waals surface area contributed by atoms with Crippen molar-refractivity contribution in [2.24, 2.45) is 0 Å². The van der Waals surface area contributed by atoms with Crippen LogP contribution in [0.15, 0.2) is 52.9 Å². The molecule has 30 heavy (non-hydrogen) atoms. The molecule has 0 unspecified atom stereocenters. The lowest BCUT2D eigenvalue weighted by Gasteiger charge is -2.14. The number of nitrogens with one attached hydrogen (secondary N) is 2. The van der Waals surface area contributed by atoms with Crippen LogP contribution in [0.2, 0.25) is 0 Å². The number of aryl methyl sites for hydroxylation is 2. The molecule has 2 amide bonds. The number of rotatable bonds is 5. The Morgan fingerprint density at radius 3 is 2.70 bits per heavy atom. The predicted molar refractivity (Wildman–Crippen MR) is 115 cm³/mol. The molecule has 156 valence electrons. The monoisotopic (exact) mass is 406 g/mol. The first-order chi connectivity index (χ1) is 14.6. The van der Waals surface area contributed by atoms with E-state index in [0.29, 0.717) is 5.69 Å². The van der Waals surface area contributed by atoms with Crippen molar-refractivity contribution >= 4 is 28.7 Å². The smallest absolute Gasteiger partial charge is 0.408 e. The molecule has 2 aromatic carbocycles. The van der Waals surface area contributed by atoms with Crippen LogP contribution in [0.3, 0.4) is 0 Å². The molecule has 1 aromatic heterocycles. The zero-order valence-corrected chi connectivity index (χ0v) is 17.1. The van der Waals surface area contributed by atoms with E-state index in [-0.39, 0.29) is 12.5 Å². The summed E-state index contributed by atoms with van der Waals surface area (Å²) in [6.07, 6.45) is 4.87. The van der Waals surface area contributed by atoms with E-state index in [4.69, 9.17) is 9.15 Å². The van der Waals surface area contributed by atoms with E-state index in [1.807, 2.05) is 48.5 Å². The van der Waals surface area contributed by atoms with Crippen molar-refractivity contribution < 1.29 is 18.7 Å². The van der Waals surface area contributed by atoms with Gasteiger partial charge in [-0.1, -0.05) is 36.8 Å². The quantitative estimate of drug-likeness (QED) is 0.587. The molecule has 3 aromatic rings. The number of fused-ring (bicyclic) bond motifs is 3. The lowest BCUT2D eigenvalue weighted by Crippen LogP contribution is -2.41. The molecular weight excluding hydrogens is 380 g/mol. The highest BCUT2D eigenvalue weighted by atomic mass is 16.5. The summed E-state index contributed by atoms with van der Waals surface area (Å²) < 4.78 is 11.2. The second-order valence-electron chi connectivity index (χ2n) is 7.69. The maximum Gasteiger partial charge on any atom is 0.408 e. The summed E-state index contributed by atoms with van der Waals surface area (Å²) >= 11 is 0. The third kappa shape index (κ3) is 4.64. The van der Waals surface area contributed by atoms with Gasteiger partial charge < -0.3 is 19.8 Å². The molecule has 1 heterocycles. The van der Waals surface area contributed by atoms with Gasteiger partial charge in [-0.05, 0) is 49.9 Å². The van der Waals surface area contributed by atoms with Crippen LogP contribution in [0.25, 0.3) is 11.0 Å². The maximum atomic E-state index is 12.5. The summed E-state index contributed by atoms with van der Waals surface area (Å²) in [5.74, 6) is 0.766. The van der Waals surface area contributed by atoms with Crippen LogP contribution in [-0.4, -0.2) is 18.0 Å². The minimum Gasteiger partial charge on any atom is -0.461 e. The van der Waals surface area contributed by atoms with Crippen molar-refractivity contribution in [3.63, 3.8) is 0 Å². The summed E-state index contributed by atoms with van der Waals surface area (Å²) in [5, 5.41) is 6.51. The fraction of sp³-hybridized carbons (Fsp3) is 0.333. The molecule has 0 bridgehead atoms. The minimum absolute atomic E-state index is 0.156. The number of carbonyl (C=O) groups is 2. The number of benzene rings is 2. The second kappa shape index (κ2) is 9.03. The maximum absolute atomic E-state index is 12.5. The highest BCUT2D eigenvalue weighted by Gasteiger charge is 2.19. The summed E-state index contributed by atoms with van der Waals surface area (Å²) in [6, 6.07) is 14.3. The molecule has 2 N–H and O–H groups in total. The predicted octanol–water partition coefficient (Wildman–Crippen LogP) is 4.96. The Bertz CT molecular complexity index is 1040. The van der Waals surface area contributed by atoms with Crippen molar-refractivity contribution in [1.29, 1.82) is 0 Å². The van der Waals surface area contributed by atoms with Gasteiger partial charge in [-0.3, -0.25) is 4.79 Å². The van der Waals surface area contributed by atoms with Gasteiger partial charge in [-0.25, -0.2) is 4.79 Å². The molecule has 0 fully saturated rings. The van der Waals surface area contributed by atoms with Gasteiger partial charge in [0, 0.05) is 23.1 Å². The van der Waals surface area contributed by atoms with E-state index in [2.05, 4.69) is 10.6 Å². The fourth-order valence-electron chi connectivity index (χ4n) is 3.77. The average Bonchev–Trinajstić information content (AvgIpc) is 2.93. The first kappa shape index (κ1) is 20.0. The van der Waals surface area contributed by atoms with Crippen molar-refractivity contribution in [3.8, 4) is 0 Å². The Labute approximate surface area is 175 Å². The van der Waals surface area contributed by atoms with E-state index < -0.39 is 12.1 Å². The van der Waals surface area contributed by atoms with Crippen molar-refractivity contribution in [1.82, 2.24) is 5.32 Å². The largest absolute Gasteiger partial charge is 0.461 e. The van der Waals surface area contributed by atoms with Crippen LogP contribution in [-0.2, 0) is 29.0 Å². The number of alkyl carbamates (subject to hydrolysis) is 1. The molecule has 1 atom stereocenters. The Balaban J connectivity index is 1.36. The van der Waals surface area contributed by atoms with E-state index in [1.54, 1.807) is 6.92 Å². The Morgan fingerprint density at radius 2 is 1.87 bits per heavy atom. The van der Waals surface area contributed by atoms with Crippen molar-refractivity contribution in [2.75, 3.05) is 5.32 Å². The second-order valence-corrected chi connectivity index (χ2v) is 7.69. The lowest BCUT2D eigenvalue weighted by atomic mass is 10.1. The molecule has 0 spiro atoms. The van der Waals surface area contributed by atoms with Crippen LogP contribution in [0.4, 0.5) is 10.5 Å². The van der Waals surface area contributed by atoms with Crippen molar-refractivity contribution in [2.45, 2.75) is 51.7 Å². The summed E-state index contributed by atoms with van der Waals surface area (Å²) in [7, 11) is 0. The summed E-state index contributed by atoms with van der Waals surface area (Å²) in [4.78, 5) is 24.5. The molecule has 6 heteroatoms. The van der Waals surface area contributed by atoms with Gasteiger partial charge in [0.1, 0.15) is 24.0 Å². The Kier molecular flexibility index (Phi) is 6.02. The number of amides is 2. The first-order valence-corrected chi connectivity index (χ1v) is 10.4. The van der Waals surface area contributed by atoms with Crippen LogP contribution in [0.1, 0.15) is 43.1 Å². The van der Waals surface area contributed by atoms with Gasteiger partial charge >= 0.3 is 6.09 Å². The van der Waals surface area contributed by atoms with Crippen molar-refractivity contribution in [3.05, 3.63) is 65.4 Å². The standard InChI is InChI=1S/C24H26N2O4/c1-16(25-24(28)29-15-17-8-4-2-5-9-17)23(27)26-18-12-13-22-20(14-18)19-10-6-3-7-11-21(19)30-22/h2,4-5,8-9,12-14,16H,3,6-7,10-11,15H2,1H3,(H,25,28)(H,26,27)/t16-/m0/s1. The van der Waals surface area contributed by atoms with E-state index >= 15 is 0 Å². The van der Waals surface area contributed by atoms with E-state index in [9.17, 15) is 9.59 Å². The van der Waals surface area contributed by atoms with E-state index in [0.717, 1.165) is 48.0 Å². The third-order valence-corrected chi connectivity index (χ3v) is 5.41. The number of ether oxygens (including phenoxy) is 1. The molecule has 0 aliphatic heterocycles. The molecule has 4 rings (SSSR count). The average molecular weight is 406 g/mol. The van der Waals surface area contributed by atoms with Crippen LogP contribution in [0.5, 0.6) is 0 Å². The normalized spacial score (nSPS) is 14.4. The van der Waals surface area contributed by atoms with Crippen LogP contribution >= 0.6 is 0 Å². The van der Waals surface area contributed by atoms with E-state index in [1.165, 1.54) is 12.0 Å². The van der Waals surface area contributed by atoms with Gasteiger partial charge in [0.2, 0.25) is 5.91 Å². The minimum atomic E-state index is -0.731. The number of carbonyl (C=O) groups excluding carboxylic acids is 2. The topological polar surface area (TPSA) is 80.6 Å². The Hall–Kier alpha value is -3.28. The molecule has 1 aliphatic rings. The lowest BCUT2D eigenvalue weighted by molar-refractivity contribution is -0.117. The van der Waals surface area contributed by atoms with Gasteiger partial charge in [-0.15, -0.1) is 0 Å². The number of hydrogen-bond donors (Lipinski definition) is 2.